The molecule has 0 saturated carbocycles. The maximum absolute atomic E-state index is 14.9. The SMILES string of the molecule is CC/C(C)=C(\F)C1=C(C)N(C(=O)N2CC3(C2)CN(C2=NC=CC(F)C=C2)C3)CCC1OF. The van der Waals surface area contributed by atoms with Crippen LogP contribution in [-0.4, -0.2) is 71.6 Å². The molecule has 2 amide bonds. The largest absolute Gasteiger partial charge is 0.355 e. The third-order valence-corrected chi connectivity index (χ3v) is 6.82. The van der Waals surface area contributed by atoms with Gasteiger partial charge in [0.1, 0.15) is 23.9 Å². The lowest BCUT2D eigenvalue weighted by Crippen LogP contribution is -2.74. The highest BCUT2D eigenvalue weighted by molar-refractivity contribution is 5.94. The molecule has 2 unspecified atom stereocenters. The first-order valence-electron chi connectivity index (χ1n) is 11.0. The molecular weight excluding hydrogens is 421 g/mol. The van der Waals surface area contributed by atoms with Crippen molar-refractivity contribution in [2.75, 3.05) is 32.7 Å². The molecule has 0 radical (unpaired) electrons. The molecule has 174 valence electrons. The van der Waals surface area contributed by atoms with Gasteiger partial charge in [-0.1, -0.05) is 6.92 Å². The molecule has 2 saturated heterocycles. The number of urea groups is 1. The molecule has 6 nitrogen and oxygen atoms in total. The van der Waals surface area contributed by atoms with Gasteiger partial charge in [-0.25, -0.2) is 18.6 Å². The van der Waals surface area contributed by atoms with Gasteiger partial charge < -0.3 is 9.80 Å². The molecular formula is C23H29F3N4O2. The Morgan fingerprint density at radius 3 is 2.66 bits per heavy atom. The molecule has 0 aromatic rings. The normalized spacial score (nSPS) is 27.7. The molecule has 4 rings (SSSR count). The van der Waals surface area contributed by atoms with Gasteiger partial charge in [0.05, 0.1) is 0 Å². The van der Waals surface area contributed by atoms with E-state index in [-0.39, 0.29) is 30.0 Å². The van der Waals surface area contributed by atoms with Crippen LogP contribution in [0.15, 0.2) is 52.1 Å². The Hall–Kier alpha value is -2.55. The fourth-order valence-corrected chi connectivity index (χ4v) is 4.82. The van der Waals surface area contributed by atoms with E-state index in [4.69, 9.17) is 0 Å². The summed E-state index contributed by atoms with van der Waals surface area (Å²) >= 11 is 0. The molecule has 4 aliphatic heterocycles. The van der Waals surface area contributed by atoms with E-state index in [1.165, 1.54) is 23.3 Å². The summed E-state index contributed by atoms with van der Waals surface area (Å²) in [5.74, 6) is 0.226. The zero-order valence-electron chi connectivity index (χ0n) is 18.7. The van der Waals surface area contributed by atoms with Crippen molar-refractivity contribution in [2.24, 2.45) is 10.4 Å². The second-order valence-electron chi connectivity index (χ2n) is 9.09. The fraction of sp³-hybridized carbons (Fsp3) is 0.565. The van der Waals surface area contributed by atoms with Gasteiger partial charge in [-0.15, -0.1) is 0 Å². The van der Waals surface area contributed by atoms with Gasteiger partial charge in [0.2, 0.25) is 0 Å². The number of hydrogen-bond donors (Lipinski definition) is 0. The summed E-state index contributed by atoms with van der Waals surface area (Å²) in [6.45, 7) is 8.07. The van der Waals surface area contributed by atoms with Gasteiger partial charge in [0, 0.05) is 55.6 Å². The molecule has 0 aromatic carbocycles. The molecule has 9 heteroatoms. The molecule has 4 heterocycles. The monoisotopic (exact) mass is 450 g/mol. The van der Waals surface area contributed by atoms with Crippen molar-refractivity contribution < 1.29 is 23.0 Å². The summed E-state index contributed by atoms with van der Waals surface area (Å²) in [5, 5.41) is 0. The first-order chi connectivity index (χ1) is 15.3. The lowest BCUT2D eigenvalue weighted by molar-refractivity contribution is -0.170. The second kappa shape index (κ2) is 8.77. The first kappa shape index (κ1) is 22.6. The van der Waals surface area contributed by atoms with Crippen LogP contribution in [0.3, 0.4) is 0 Å². The number of rotatable bonds is 3. The molecule has 0 aromatic heterocycles. The minimum absolute atomic E-state index is 0.00191. The van der Waals surface area contributed by atoms with Crippen molar-refractivity contribution >= 4 is 11.9 Å². The van der Waals surface area contributed by atoms with Crippen LogP contribution >= 0.6 is 0 Å². The fourth-order valence-electron chi connectivity index (χ4n) is 4.82. The smallest absolute Gasteiger partial charge is 0.324 e. The number of halogens is 3. The van der Waals surface area contributed by atoms with Crippen molar-refractivity contribution in [1.82, 2.24) is 14.7 Å². The number of nitrogens with zero attached hydrogens (tertiary/aromatic N) is 4. The Morgan fingerprint density at radius 2 is 2.00 bits per heavy atom. The number of aliphatic imine (C=N–C) groups is 1. The van der Waals surface area contributed by atoms with Crippen LogP contribution in [-0.2, 0) is 4.94 Å². The van der Waals surface area contributed by atoms with Crippen LogP contribution in [0.25, 0.3) is 0 Å². The third kappa shape index (κ3) is 3.98. The van der Waals surface area contributed by atoms with E-state index in [1.54, 1.807) is 24.8 Å². The number of amidine groups is 1. The standard InChI is InChI=1S/C23H29F3N4O2/c1-4-15(2)21(25)20-16(3)30(10-8-18(20)32-26)22(31)29-13-23(14-29)11-28(12-23)19-6-5-17(24)7-9-27-19/h5-7,9,17-18H,4,8,10-14H2,1-3H3/b21-15-. The Balaban J connectivity index is 1.41. The third-order valence-electron chi connectivity index (χ3n) is 6.82. The average Bonchev–Trinajstić information content (AvgIpc) is 2.94. The van der Waals surface area contributed by atoms with E-state index in [2.05, 4.69) is 14.8 Å². The van der Waals surface area contributed by atoms with Crippen molar-refractivity contribution in [2.45, 2.75) is 45.9 Å². The molecule has 2 fully saturated rings. The summed E-state index contributed by atoms with van der Waals surface area (Å²) in [4.78, 5) is 26.8. The van der Waals surface area contributed by atoms with Crippen molar-refractivity contribution in [3.8, 4) is 0 Å². The number of carbonyl (C=O) groups excluding carboxylic acids is 1. The Labute approximate surface area is 186 Å². The van der Waals surface area contributed by atoms with Crippen molar-refractivity contribution in [3.63, 3.8) is 0 Å². The van der Waals surface area contributed by atoms with Crippen molar-refractivity contribution in [1.29, 1.82) is 0 Å². The summed E-state index contributed by atoms with van der Waals surface area (Å²) in [5.41, 5.74) is 1.02. The van der Waals surface area contributed by atoms with Crippen molar-refractivity contribution in [3.05, 3.63) is 47.1 Å². The molecule has 0 aliphatic carbocycles. The van der Waals surface area contributed by atoms with E-state index in [9.17, 15) is 18.1 Å². The maximum atomic E-state index is 14.9. The number of amides is 2. The summed E-state index contributed by atoms with van der Waals surface area (Å²) in [6, 6.07) is -0.196. The predicted octanol–water partition coefficient (Wildman–Crippen LogP) is 4.45. The van der Waals surface area contributed by atoms with E-state index in [1.807, 2.05) is 6.92 Å². The minimum Gasteiger partial charge on any atom is -0.355 e. The highest BCUT2D eigenvalue weighted by atomic mass is 19.3. The summed E-state index contributed by atoms with van der Waals surface area (Å²) in [7, 11) is 0. The Morgan fingerprint density at radius 1 is 1.28 bits per heavy atom. The number of allylic oxidation sites excluding steroid dienone is 4. The minimum atomic E-state index is -1.13. The van der Waals surface area contributed by atoms with Gasteiger partial charge >= 0.3 is 6.03 Å². The number of likely N-dealkylation sites (tertiary alicyclic amines) is 2. The Bertz CT molecular complexity index is 926. The molecule has 0 bridgehead atoms. The lowest BCUT2D eigenvalue weighted by Gasteiger charge is -2.61. The van der Waals surface area contributed by atoms with Crippen LogP contribution in [0.4, 0.5) is 18.1 Å². The van der Waals surface area contributed by atoms with Crippen LogP contribution < -0.4 is 0 Å². The van der Waals surface area contributed by atoms with Crippen LogP contribution in [0.5, 0.6) is 0 Å². The van der Waals surface area contributed by atoms with E-state index in [0.29, 0.717) is 30.8 Å². The zero-order chi connectivity index (χ0) is 23.0. The van der Waals surface area contributed by atoms with Gasteiger partial charge in [-0.2, -0.15) is 4.94 Å². The summed E-state index contributed by atoms with van der Waals surface area (Å²) < 4.78 is 41.4. The van der Waals surface area contributed by atoms with Gasteiger partial charge in [-0.05, 0) is 55.0 Å². The molecule has 1 spiro atoms. The Kier molecular flexibility index (Phi) is 6.20. The molecule has 32 heavy (non-hydrogen) atoms. The molecule has 0 N–H and O–H groups in total. The van der Waals surface area contributed by atoms with Crippen LogP contribution in [0.2, 0.25) is 0 Å². The van der Waals surface area contributed by atoms with E-state index >= 15 is 0 Å². The van der Waals surface area contributed by atoms with Crippen LogP contribution in [0, 0.1) is 5.41 Å². The average molecular weight is 451 g/mol. The van der Waals surface area contributed by atoms with E-state index in [0.717, 1.165) is 18.9 Å². The quantitative estimate of drug-likeness (QED) is 0.639. The van der Waals surface area contributed by atoms with Crippen LogP contribution in [0.1, 0.15) is 33.6 Å². The first-order valence-corrected chi connectivity index (χ1v) is 11.0. The van der Waals surface area contributed by atoms with Gasteiger partial charge in [0.15, 0.2) is 0 Å². The maximum Gasteiger partial charge on any atom is 0.324 e. The van der Waals surface area contributed by atoms with E-state index < -0.39 is 18.1 Å². The molecule has 4 aliphatic rings. The zero-order valence-corrected chi connectivity index (χ0v) is 18.7. The number of carbonyl (C=O) groups is 1. The molecule has 2 atom stereocenters. The van der Waals surface area contributed by atoms with Gasteiger partial charge in [0.25, 0.3) is 0 Å². The van der Waals surface area contributed by atoms with Gasteiger partial charge in [-0.3, -0.25) is 4.90 Å². The topological polar surface area (TPSA) is 48.4 Å². The highest BCUT2D eigenvalue weighted by Crippen LogP contribution is 2.42. The number of hydrogen-bond acceptors (Lipinski definition) is 4. The predicted molar refractivity (Wildman–Crippen MR) is 116 cm³/mol. The highest BCUT2D eigenvalue weighted by Gasteiger charge is 2.54. The lowest BCUT2D eigenvalue weighted by atomic mass is 9.73. The number of alkyl halides is 1. The summed E-state index contributed by atoms with van der Waals surface area (Å²) in [6.07, 6.45) is 4.58. The second-order valence-corrected chi connectivity index (χ2v) is 9.09.